The summed E-state index contributed by atoms with van der Waals surface area (Å²) in [7, 11) is 0. The molecular formula is C19H20N2O2. The molecule has 1 saturated carbocycles. The highest BCUT2D eigenvalue weighted by molar-refractivity contribution is 6.01. The molecule has 4 fully saturated rings. The van der Waals surface area contributed by atoms with Gasteiger partial charge in [0.15, 0.2) is 0 Å². The molecule has 2 bridgehead atoms. The molecule has 23 heavy (non-hydrogen) atoms. The largest absolute Gasteiger partial charge is 0.337 e. The summed E-state index contributed by atoms with van der Waals surface area (Å²) in [4.78, 5) is 30.0. The van der Waals surface area contributed by atoms with Gasteiger partial charge in [-0.25, -0.2) is 0 Å². The van der Waals surface area contributed by atoms with E-state index in [4.69, 9.17) is 0 Å². The van der Waals surface area contributed by atoms with Crippen LogP contribution in [0, 0.1) is 5.41 Å². The van der Waals surface area contributed by atoms with Gasteiger partial charge in [0.2, 0.25) is 11.8 Å². The summed E-state index contributed by atoms with van der Waals surface area (Å²) in [6.07, 6.45) is 5.35. The third-order valence-corrected chi connectivity index (χ3v) is 7.53. The molecular weight excluding hydrogens is 288 g/mol. The van der Waals surface area contributed by atoms with Crippen molar-refractivity contribution in [2.75, 3.05) is 11.4 Å². The lowest BCUT2D eigenvalue weighted by molar-refractivity contribution is -0.154. The van der Waals surface area contributed by atoms with Crippen LogP contribution in [0.25, 0.3) is 0 Å². The summed E-state index contributed by atoms with van der Waals surface area (Å²) in [6.45, 7) is 0.869. The van der Waals surface area contributed by atoms with E-state index in [1.54, 1.807) is 0 Å². The zero-order valence-electron chi connectivity index (χ0n) is 13.1. The van der Waals surface area contributed by atoms with Gasteiger partial charge in [0.1, 0.15) is 0 Å². The van der Waals surface area contributed by atoms with Gasteiger partial charge < -0.3 is 9.80 Å². The van der Waals surface area contributed by atoms with E-state index in [1.807, 2.05) is 6.07 Å². The van der Waals surface area contributed by atoms with Gasteiger partial charge in [-0.1, -0.05) is 18.2 Å². The highest BCUT2D eigenvalue weighted by Gasteiger charge is 2.74. The number of anilines is 1. The fourth-order valence-corrected chi connectivity index (χ4v) is 6.94. The lowest BCUT2D eigenvalue weighted by Gasteiger charge is -2.61. The summed E-state index contributed by atoms with van der Waals surface area (Å²) < 4.78 is 0. The number of hydrogen-bond acceptors (Lipinski definition) is 2. The second kappa shape index (κ2) is 3.63. The molecule has 0 aromatic heterocycles. The van der Waals surface area contributed by atoms with E-state index in [1.165, 1.54) is 5.56 Å². The van der Waals surface area contributed by atoms with Crippen LogP contribution >= 0.6 is 0 Å². The van der Waals surface area contributed by atoms with Crippen LogP contribution in [-0.2, 0) is 9.59 Å². The number of fused-ring (bicyclic) bond motifs is 3. The molecule has 1 aliphatic carbocycles. The number of rotatable bonds is 0. The number of amides is 2. The molecule has 4 aliphatic heterocycles. The van der Waals surface area contributed by atoms with Crippen molar-refractivity contribution in [1.29, 1.82) is 0 Å². The smallest absolute Gasteiger partial charge is 0.228 e. The Morgan fingerprint density at radius 2 is 1.91 bits per heavy atom. The highest BCUT2D eigenvalue weighted by Crippen LogP contribution is 2.69. The molecule has 0 N–H and O–H groups in total. The lowest BCUT2D eigenvalue weighted by Crippen LogP contribution is -2.73. The predicted octanol–water partition coefficient (Wildman–Crippen LogP) is 2.43. The van der Waals surface area contributed by atoms with Gasteiger partial charge in [0.25, 0.3) is 0 Å². The summed E-state index contributed by atoms with van der Waals surface area (Å²) in [5, 5.41) is 0. The number of para-hydroxylation sites is 1. The van der Waals surface area contributed by atoms with Crippen molar-refractivity contribution < 1.29 is 9.59 Å². The van der Waals surface area contributed by atoms with Crippen LogP contribution in [0.1, 0.15) is 50.0 Å². The molecule has 1 aromatic carbocycles. The van der Waals surface area contributed by atoms with Crippen molar-refractivity contribution >= 4 is 17.5 Å². The maximum atomic E-state index is 13.1. The maximum absolute atomic E-state index is 13.1. The average molecular weight is 308 g/mol. The Kier molecular flexibility index (Phi) is 1.98. The average Bonchev–Trinajstić information content (AvgIpc) is 3.01. The monoisotopic (exact) mass is 308 g/mol. The third-order valence-electron chi connectivity index (χ3n) is 7.53. The molecule has 4 heteroatoms. The standard InChI is InChI=1S/C19H20N2O2/c22-15-5-7-18-8-9-19-13(6-10-20(15)17(18)19)12-3-1-2-4-14(12)21(19)16(23)11-18/h1-4,13,17H,5-11H2/t13-,17-,18-,19+/m1/s1. The molecule has 1 aromatic rings. The van der Waals surface area contributed by atoms with Crippen molar-refractivity contribution in [3.05, 3.63) is 29.8 Å². The molecule has 4 nitrogen and oxygen atoms in total. The van der Waals surface area contributed by atoms with Crippen molar-refractivity contribution in [1.82, 2.24) is 4.90 Å². The first-order chi connectivity index (χ1) is 11.2. The van der Waals surface area contributed by atoms with Crippen molar-refractivity contribution in [2.24, 2.45) is 5.41 Å². The zero-order chi connectivity index (χ0) is 15.4. The second-order valence-corrected chi connectivity index (χ2v) is 8.15. The van der Waals surface area contributed by atoms with Crippen molar-refractivity contribution in [3.63, 3.8) is 0 Å². The second-order valence-electron chi connectivity index (χ2n) is 8.15. The quantitative estimate of drug-likeness (QED) is 0.738. The van der Waals surface area contributed by atoms with Gasteiger partial charge in [-0.2, -0.15) is 0 Å². The Hall–Kier alpha value is -1.84. The Morgan fingerprint density at radius 1 is 1.04 bits per heavy atom. The Morgan fingerprint density at radius 3 is 2.83 bits per heavy atom. The number of carbonyl (C=O) groups excluding carboxylic acids is 2. The van der Waals surface area contributed by atoms with Crippen LogP contribution < -0.4 is 4.90 Å². The van der Waals surface area contributed by atoms with Crippen LogP contribution in [0.5, 0.6) is 0 Å². The number of carbonyl (C=O) groups is 2. The number of hydrogen-bond donors (Lipinski definition) is 0. The van der Waals surface area contributed by atoms with E-state index in [0.717, 1.165) is 37.9 Å². The molecule has 0 unspecified atom stereocenters. The van der Waals surface area contributed by atoms with E-state index in [0.29, 0.717) is 30.6 Å². The van der Waals surface area contributed by atoms with Crippen molar-refractivity contribution in [3.8, 4) is 0 Å². The first kappa shape index (κ1) is 12.6. The first-order valence-corrected chi connectivity index (χ1v) is 8.89. The topological polar surface area (TPSA) is 40.6 Å². The van der Waals surface area contributed by atoms with Gasteiger partial charge >= 0.3 is 0 Å². The SMILES string of the molecule is O=C1CC[C@]23CC[C@]45[C@H](CCN1[C@H]24)c1ccccc1N5C(=O)C3. The number of benzene rings is 1. The molecule has 3 saturated heterocycles. The molecule has 5 aliphatic rings. The fraction of sp³-hybridized carbons (Fsp3) is 0.579. The molecule has 4 atom stereocenters. The minimum atomic E-state index is -0.145. The minimum absolute atomic E-state index is 0.0577. The van der Waals surface area contributed by atoms with Crippen molar-refractivity contribution in [2.45, 2.75) is 56.0 Å². The van der Waals surface area contributed by atoms with E-state index in [-0.39, 0.29) is 17.0 Å². The van der Waals surface area contributed by atoms with Gasteiger partial charge in [-0.05, 0) is 37.3 Å². The van der Waals surface area contributed by atoms with Gasteiger partial charge in [-0.15, -0.1) is 0 Å². The van der Waals surface area contributed by atoms with E-state index >= 15 is 0 Å². The Bertz CT molecular complexity index is 774. The van der Waals surface area contributed by atoms with E-state index in [9.17, 15) is 9.59 Å². The lowest BCUT2D eigenvalue weighted by atomic mass is 9.61. The molecule has 1 spiro atoms. The normalized spacial score (nSPS) is 42.8. The van der Waals surface area contributed by atoms with E-state index < -0.39 is 0 Å². The van der Waals surface area contributed by atoms with Crippen LogP contribution in [0.3, 0.4) is 0 Å². The van der Waals surface area contributed by atoms with Gasteiger partial charge in [-0.3, -0.25) is 9.59 Å². The summed E-state index contributed by atoms with van der Waals surface area (Å²) >= 11 is 0. The van der Waals surface area contributed by atoms with Gasteiger partial charge in [0.05, 0.1) is 11.6 Å². The van der Waals surface area contributed by atoms with Crippen LogP contribution in [0.2, 0.25) is 0 Å². The Labute approximate surface area is 135 Å². The zero-order valence-corrected chi connectivity index (χ0v) is 13.1. The number of nitrogens with zero attached hydrogens (tertiary/aromatic N) is 2. The maximum Gasteiger partial charge on any atom is 0.228 e. The summed E-state index contributed by atoms with van der Waals surface area (Å²) in [5.41, 5.74) is 2.38. The molecule has 6 rings (SSSR count). The summed E-state index contributed by atoms with van der Waals surface area (Å²) in [6, 6.07) is 8.71. The Balaban J connectivity index is 1.65. The van der Waals surface area contributed by atoms with Gasteiger partial charge in [0, 0.05) is 36.4 Å². The highest BCUT2D eigenvalue weighted by atomic mass is 16.2. The van der Waals surface area contributed by atoms with Crippen LogP contribution in [0.15, 0.2) is 24.3 Å². The third kappa shape index (κ3) is 1.15. The predicted molar refractivity (Wildman–Crippen MR) is 85.0 cm³/mol. The molecule has 118 valence electrons. The van der Waals surface area contributed by atoms with Crippen LogP contribution in [-0.4, -0.2) is 34.8 Å². The van der Waals surface area contributed by atoms with E-state index in [2.05, 4.69) is 28.0 Å². The first-order valence-electron chi connectivity index (χ1n) is 8.89. The molecule has 2 amide bonds. The molecule has 4 heterocycles. The minimum Gasteiger partial charge on any atom is -0.337 e. The number of piperidine rings is 3. The molecule has 0 radical (unpaired) electrons. The fourth-order valence-electron chi connectivity index (χ4n) is 6.94. The van der Waals surface area contributed by atoms with Crippen LogP contribution in [0.4, 0.5) is 5.69 Å². The summed E-state index contributed by atoms with van der Waals surface area (Å²) in [5.74, 6) is 1.03.